The highest BCUT2D eigenvalue weighted by atomic mass is 16.5. The number of rotatable bonds is 7. The van der Waals surface area contributed by atoms with Crippen LogP contribution in [0.15, 0.2) is 60.7 Å². The number of carbonyl (C=O) groups excluding carboxylic acids is 2. The summed E-state index contributed by atoms with van der Waals surface area (Å²) in [5, 5.41) is 0. The Morgan fingerprint density at radius 3 is 2.00 bits per heavy atom. The van der Waals surface area contributed by atoms with Gasteiger partial charge in [-0.3, -0.25) is 9.59 Å². The minimum Gasteiger partial charge on any atom is -0.461 e. The molecule has 0 spiro atoms. The van der Waals surface area contributed by atoms with Gasteiger partial charge in [0.15, 0.2) is 0 Å². The summed E-state index contributed by atoms with van der Waals surface area (Å²) in [4.78, 5) is 23.4. The van der Waals surface area contributed by atoms with E-state index >= 15 is 0 Å². The second-order valence-corrected chi connectivity index (χ2v) is 5.14. The molecule has 2 aromatic rings. The number of primary amides is 1. The molecule has 0 saturated heterocycles. The van der Waals surface area contributed by atoms with Gasteiger partial charge in [-0.25, -0.2) is 0 Å². The predicted molar refractivity (Wildman–Crippen MR) is 83.7 cm³/mol. The summed E-state index contributed by atoms with van der Waals surface area (Å²) in [6, 6.07) is 18.9. The molecular weight excluding hydrogens is 278 g/mol. The summed E-state index contributed by atoms with van der Waals surface area (Å²) in [5.74, 6) is -1.45. The molecule has 22 heavy (non-hydrogen) atoms. The first-order valence-corrected chi connectivity index (χ1v) is 7.18. The molecule has 1 atom stereocenters. The molecule has 2 rings (SSSR count). The highest BCUT2D eigenvalue weighted by molar-refractivity contribution is 5.82. The van der Waals surface area contributed by atoms with Gasteiger partial charge in [-0.1, -0.05) is 60.7 Å². The third-order valence-corrected chi connectivity index (χ3v) is 3.38. The summed E-state index contributed by atoms with van der Waals surface area (Å²) in [6.07, 6.45) is 0.438. The van der Waals surface area contributed by atoms with Crippen LogP contribution in [0.1, 0.15) is 17.5 Å². The van der Waals surface area contributed by atoms with Gasteiger partial charge in [0.25, 0.3) is 0 Å². The molecule has 0 aliphatic carbocycles. The molecule has 2 aromatic carbocycles. The molecule has 1 unspecified atom stereocenters. The van der Waals surface area contributed by atoms with Crippen LogP contribution < -0.4 is 5.73 Å². The van der Waals surface area contributed by atoms with Gasteiger partial charge in [0, 0.05) is 0 Å². The van der Waals surface area contributed by atoms with Crippen molar-refractivity contribution in [2.24, 2.45) is 11.7 Å². The molecule has 2 N–H and O–H groups in total. The van der Waals surface area contributed by atoms with E-state index < -0.39 is 17.8 Å². The van der Waals surface area contributed by atoms with Crippen molar-refractivity contribution in [1.82, 2.24) is 0 Å². The first-order chi connectivity index (χ1) is 10.6. The molecule has 0 saturated carbocycles. The van der Waals surface area contributed by atoms with Gasteiger partial charge in [0.1, 0.15) is 6.61 Å². The topological polar surface area (TPSA) is 69.4 Å². The van der Waals surface area contributed by atoms with Crippen molar-refractivity contribution in [2.75, 3.05) is 0 Å². The third-order valence-electron chi connectivity index (χ3n) is 3.38. The van der Waals surface area contributed by atoms with Gasteiger partial charge in [-0.05, 0) is 17.5 Å². The van der Waals surface area contributed by atoms with Gasteiger partial charge in [0.05, 0.1) is 12.3 Å². The van der Waals surface area contributed by atoms with E-state index in [1.807, 2.05) is 60.7 Å². The van der Waals surface area contributed by atoms with Crippen LogP contribution in [0.2, 0.25) is 0 Å². The quantitative estimate of drug-likeness (QED) is 0.798. The van der Waals surface area contributed by atoms with Crippen LogP contribution in [0.4, 0.5) is 0 Å². The summed E-state index contributed by atoms with van der Waals surface area (Å²) in [6.45, 7) is 0.205. The zero-order chi connectivity index (χ0) is 15.8. The van der Waals surface area contributed by atoms with Crippen molar-refractivity contribution in [3.63, 3.8) is 0 Å². The Kier molecular flexibility index (Phi) is 5.72. The molecule has 0 fully saturated rings. The van der Waals surface area contributed by atoms with Crippen LogP contribution in [-0.4, -0.2) is 11.9 Å². The maximum absolute atomic E-state index is 11.9. The van der Waals surface area contributed by atoms with Gasteiger partial charge in [-0.2, -0.15) is 0 Å². The molecule has 0 aliphatic heterocycles. The van der Waals surface area contributed by atoms with E-state index in [9.17, 15) is 9.59 Å². The van der Waals surface area contributed by atoms with Gasteiger partial charge >= 0.3 is 5.97 Å². The largest absolute Gasteiger partial charge is 0.461 e. The van der Waals surface area contributed by atoms with E-state index in [-0.39, 0.29) is 13.0 Å². The number of nitrogens with two attached hydrogens (primary N) is 1. The van der Waals surface area contributed by atoms with Crippen molar-refractivity contribution in [3.8, 4) is 0 Å². The fourth-order valence-electron chi connectivity index (χ4n) is 2.17. The zero-order valence-electron chi connectivity index (χ0n) is 12.3. The number of carbonyl (C=O) groups is 2. The summed E-state index contributed by atoms with van der Waals surface area (Å²) in [5.41, 5.74) is 7.28. The van der Waals surface area contributed by atoms with Crippen LogP contribution in [0.25, 0.3) is 0 Å². The molecule has 0 radical (unpaired) electrons. The second kappa shape index (κ2) is 7.98. The first-order valence-electron chi connectivity index (χ1n) is 7.18. The van der Waals surface area contributed by atoms with Crippen molar-refractivity contribution >= 4 is 11.9 Å². The average molecular weight is 297 g/mol. The average Bonchev–Trinajstić information content (AvgIpc) is 2.54. The number of hydrogen-bond donors (Lipinski definition) is 1. The molecule has 0 aliphatic rings. The molecular formula is C18H19NO3. The Labute approximate surface area is 129 Å². The number of amides is 1. The smallest absolute Gasteiger partial charge is 0.306 e. The van der Waals surface area contributed by atoms with Gasteiger partial charge < -0.3 is 10.5 Å². The second-order valence-electron chi connectivity index (χ2n) is 5.14. The SMILES string of the molecule is NC(=O)C(CC(=O)OCc1ccccc1)Cc1ccccc1. The normalized spacial score (nSPS) is 11.6. The highest BCUT2D eigenvalue weighted by Crippen LogP contribution is 2.13. The number of hydrogen-bond acceptors (Lipinski definition) is 3. The Bertz CT molecular complexity index is 611. The Hall–Kier alpha value is -2.62. The lowest BCUT2D eigenvalue weighted by molar-refractivity contribution is -0.147. The number of ether oxygens (including phenoxy) is 1. The van der Waals surface area contributed by atoms with E-state index in [0.717, 1.165) is 11.1 Å². The zero-order valence-corrected chi connectivity index (χ0v) is 12.3. The molecule has 0 bridgehead atoms. The van der Waals surface area contributed by atoms with Crippen molar-refractivity contribution < 1.29 is 14.3 Å². The lowest BCUT2D eigenvalue weighted by Crippen LogP contribution is -2.28. The lowest BCUT2D eigenvalue weighted by Gasteiger charge is -2.13. The molecule has 1 amide bonds. The maximum atomic E-state index is 11.9. The third kappa shape index (κ3) is 5.05. The van der Waals surface area contributed by atoms with Gasteiger partial charge in [0.2, 0.25) is 5.91 Å². The highest BCUT2D eigenvalue weighted by Gasteiger charge is 2.20. The van der Waals surface area contributed by atoms with Crippen molar-refractivity contribution in [3.05, 3.63) is 71.8 Å². The molecule has 0 heterocycles. The lowest BCUT2D eigenvalue weighted by atomic mass is 9.96. The monoisotopic (exact) mass is 297 g/mol. The molecule has 114 valence electrons. The summed E-state index contributed by atoms with van der Waals surface area (Å²) >= 11 is 0. The molecule has 4 nitrogen and oxygen atoms in total. The van der Waals surface area contributed by atoms with E-state index in [1.165, 1.54) is 0 Å². The number of esters is 1. The number of benzene rings is 2. The van der Waals surface area contributed by atoms with Crippen LogP contribution in [0.3, 0.4) is 0 Å². The van der Waals surface area contributed by atoms with Gasteiger partial charge in [-0.15, -0.1) is 0 Å². The predicted octanol–water partition coefficient (Wildman–Crippen LogP) is 2.46. The molecule has 0 aromatic heterocycles. The molecule has 4 heteroatoms. The van der Waals surface area contributed by atoms with Crippen molar-refractivity contribution in [2.45, 2.75) is 19.4 Å². The first kappa shape index (κ1) is 15.8. The van der Waals surface area contributed by atoms with Crippen LogP contribution in [0, 0.1) is 5.92 Å². The fourth-order valence-corrected chi connectivity index (χ4v) is 2.17. The standard InChI is InChI=1S/C18H19NO3/c19-18(21)16(11-14-7-3-1-4-8-14)12-17(20)22-13-15-9-5-2-6-10-15/h1-10,16H,11-13H2,(H2,19,21). The maximum Gasteiger partial charge on any atom is 0.306 e. The minimum atomic E-state index is -0.550. The summed E-state index contributed by atoms with van der Waals surface area (Å²) < 4.78 is 5.20. The van der Waals surface area contributed by atoms with Crippen LogP contribution in [0.5, 0.6) is 0 Å². The van der Waals surface area contributed by atoms with E-state index in [4.69, 9.17) is 10.5 Å². The Balaban J connectivity index is 1.88. The van der Waals surface area contributed by atoms with Crippen LogP contribution in [-0.2, 0) is 27.4 Å². The van der Waals surface area contributed by atoms with Crippen molar-refractivity contribution in [1.29, 1.82) is 0 Å². The van der Waals surface area contributed by atoms with E-state index in [1.54, 1.807) is 0 Å². The Morgan fingerprint density at radius 2 is 1.45 bits per heavy atom. The van der Waals surface area contributed by atoms with E-state index in [0.29, 0.717) is 6.42 Å². The Morgan fingerprint density at radius 1 is 0.909 bits per heavy atom. The fraction of sp³-hybridized carbons (Fsp3) is 0.222. The summed E-state index contributed by atoms with van der Waals surface area (Å²) in [7, 11) is 0. The van der Waals surface area contributed by atoms with Crippen LogP contribution >= 0.6 is 0 Å². The minimum absolute atomic E-state index is 0.00292. The van der Waals surface area contributed by atoms with E-state index in [2.05, 4.69) is 0 Å².